The molecule has 6 nitrogen and oxygen atoms in total. The summed E-state index contributed by atoms with van der Waals surface area (Å²) in [4.78, 5) is 34.7. The molecule has 2 amide bonds. The van der Waals surface area contributed by atoms with E-state index in [2.05, 4.69) is 27.3 Å². The van der Waals surface area contributed by atoms with Gasteiger partial charge in [0.05, 0.1) is 6.54 Å². The molecule has 0 saturated heterocycles. The van der Waals surface area contributed by atoms with Crippen LogP contribution in [0.3, 0.4) is 0 Å². The molecule has 3 aromatic rings. The second-order valence-corrected chi connectivity index (χ2v) is 9.69. The molecule has 36 heavy (non-hydrogen) atoms. The van der Waals surface area contributed by atoms with Crippen LogP contribution in [0, 0.1) is 13.8 Å². The second-order valence-electron chi connectivity index (χ2n) is 9.69. The van der Waals surface area contributed by atoms with Gasteiger partial charge in [-0.15, -0.1) is 0 Å². The highest BCUT2D eigenvalue weighted by Gasteiger charge is 2.31. The molecule has 1 aliphatic rings. The van der Waals surface area contributed by atoms with Crippen molar-refractivity contribution in [3.05, 3.63) is 95.3 Å². The largest absolute Gasteiger partial charge is 0.338 e. The number of rotatable bonds is 12. The molecule has 1 heterocycles. The Kier molecular flexibility index (Phi) is 8.85. The molecule has 1 aromatic heterocycles. The number of carbonyl (C=O) groups excluding carboxylic acids is 2. The number of amides is 2. The summed E-state index contributed by atoms with van der Waals surface area (Å²) in [5.74, 6) is 0.0784. The molecule has 1 N–H and O–H groups in total. The SMILES string of the molecule is Cc1ccc(C)c(NC(=O)CN(CCC(=O)N(CCc2ccccn2)Cc2ccccc2)C2CC2)c1. The lowest BCUT2D eigenvalue weighted by Gasteiger charge is -2.26. The van der Waals surface area contributed by atoms with E-state index in [0.717, 1.165) is 40.9 Å². The van der Waals surface area contributed by atoms with Crippen LogP contribution in [-0.2, 0) is 22.6 Å². The Morgan fingerprint density at radius 2 is 1.75 bits per heavy atom. The minimum absolute atomic E-state index is 0.0284. The van der Waals surface area contributed by atoms with Crippen molar-refractivity contribution >= 4 is 17.5 Å². The molecule has 0 bridgehead atoms. The average molecular weight is 485 g/mol. The van der Waals surface area contributed by atoms with Gasteiger partial charge in [-0.1, -0.05) is 48.5 Å². The number of nitrogens with zero attached hydrogens (tertiary/aromatic N) is 3. The maximum absolute atomic E-state index is 13.4. The second kappa shape index (κ2) is 12.5. The van der Waals surface area contributed by atoms with Crippen molar-refractivity contribution in [1.82, 2.24) is 14.8 Å². The Labute approximate surface area is 214 Å². The van der Waals surface area contributed by atoms with E-state index in [9.17, 15) is 9.59 Å². The molecule has 1 saturated carbocycles. The number of pyridine rings is 1. The van der Waals surface area contributed by atoms with Crippen LogP contribution >= 0.6 is 0 Å². The Morgan fingerprint density at radius 3 is 2.47 bits per heavy atom. The summed E-state index contributed by atoms with van der Waals surface area (Å²) in [5, 5.41) is 3.06. The lowest BCUT2D eigenvalue weighted by atomic mass is 10.1. The number of carbonyl (C=O) groups is 2. The van der Waals surface area contributed by atoms with Gasteiger partial charge in [0, 0.05) is 56.1 Å². The van der Waals surface area contributed by atoms with Crippen LogP contribution in [0.5, 0.6) is 0 Å². The molecular weight excluding hydrogens is 448 g/mol. The zero-order chi connectivity index (χ0) is 25.3. The number of anilines is 1. The zero-order valence-electron chi connectivity index (χ0n) is 21.3. The van der Waals surface area contributed by atoms with Gasteiger partial charge < -0.3 is 10.2 Å². The average Bonchev–Trinajstić information content (AvgIpc) is 3.73. The molecule has 0 radical (unpaired) electrons. The summed E-state index contributed by atoms with van der Waals surface area (Å²) >= 11 is 0. The van der Waals surface area contributed by atoms with E-state index < -0.39 is 0 Å². The molecule has 0 atom stereocenters. The van der Waals surface area contributed by atoms with Gasteiger partial charge in [0.1, 0.15) is 0 Å². The number of benzene rings is 2. The van der Waals surface area contributed by atoms with Crippen LogP contribution in [0.1, 0.15) is 41.6 Å². The van der Waals surface area contributed by atoms with Gasteiger partial charge in [0.25, 0.3) is 0 Å². The van der Waals surface area contributed by atoms with E-state index in [4.69, 9.17) is 0 Å². The smallest absolute Gasteiger partial charge is 0.238 e. The predicted molar refractivity (Wildman–Crippen MR) is 144 cm³/mol. The van der Waals surface area contributed by atoms with E-state index >= 15 is 0 Å². The van der Waals surface area contributed by atoms with E-state index in [1.165, 1.54) is 0 Å². The monoisotopic (exact) mass is 484 g/mol. The predicted octanol–water partition coefficient (Wildman–Crippen LogP) is 4.76. The van der Waals surface area contributed by atoms with Crippen molar-refractivity contribution in [3.8, 4) is 0 Å². The molecule has 188 valence electrons. The quantitative estimate of drug-likeness (QED) is 0.402. The summed E-state index contributed by atoms with van der Waals surface area (Å²) in [7, 11) is 0. The fraction of sp³-hybridized carbons (Fsp3) is 0.367. The molecule has 1 aliphatic carbocycles. The van der Waals surface area contributed by atoms with Crippen molar-refractivity contribution < 1.29 is 9.59 Å². The third kappa shape index (κ3) is 7.75. The summed E-state index contributed by atoms with van der Waals surface area (Å²) < 4.78 is 0. The lowest BCUT2D eigenvalue weighted by Crippen LogP contribution is -2.39. The van der Waals surface area contributed by atoms with E-state index in [1.807, 2.05) is 73.3 Å². The first-order chi connectivity index (χ1) is 17.5. The van der Waals surface area contributed by atoms with Crippen LogP contribution in [0.4, 0.5) is 5.69 Å². The van der Waals surface area contributed by atoms with Gasteiger partial charge in [0.15, 0.2) is 0 Å². The minimum Gasteiger partial charge on any atom is -0.338 e. The van der Waals surface area contributed by atoms with Gasteiger partial charge in [-0.2, -0.15) is 0 Å². The van der Waals surface area contributed by atoms with Crippen LogP contribution in [-0.4, -0.2) is 52.3 Å². The standard InChI is InChI=1S/C30H36N4O2/c1-23-11-12-24(2)28(20-23)32-29(35)22-33(27-13-14-27)19-16-30(36)34(21-25-8-4-3-5-9-25)18-15-26-10-6-7-17-31-26/h3-12,17,20,27H,13-16,18-19,21-22H2,1-2H3,(H,32,35). The maximum Gasteiger partial charge on any atom is 0.238 e. The third-order valence-corrected chi connectivity index (χ3v) is 6.62. The topological polar surface area (TPSA) is 65.5 Å². The molecule has 0 aliphatic heterocycles. The van der Waals surface area contributed by atoms with Gasteiger partial charge in [-0.05, 0) is 61.6 Å². The van der Waals surface area contributed by atoms with Gasteiger partial charge >= 0.3 is 0 Å². The first kappa shape index (κ1) is 25.6. The van der Waals surface area contributed by atoms with Crippen molar-refractivity contribution in [2.24, 2.45) is 0 Å². The summed E-state index contributed by atoms with van der Waals surface area (Å²) in [6.45, 7) is 6.09. The van der Waals surface area contributed by atoms with Crippen molar-refractivity contribution in [2.45, 2.75) is 52.1 Å². The highest BCUT2D eigenvalue weighted by molar-refractivity contribution is 5.93. The summed E-state index contributed by atoms with van der Waals surface area (Å²) in [6, 6.07) is 22.4. The van der Waals surface area contributed by atoms with Crippen LogP contribution < -0.4 is 5.32 Å². The number of aromatic nitrogens is 1. The Morgan fingerprint density at radius 1 is 0.972 bits per heavy atom. The van der Waals surface area contributed by atoms with Gasteiger partial charge in [0.2, 0.25) is 11.8 Å². The fourth-order valence-electron chi connectivity index (χ4n) is 4.36. The van der Waals surface area contributed by atoms with E-state index in [0.29, 0.717) is 45.1 Å². The molecule has 4 rings (SSSR count). The number of nitrogens with one attached hydrogen (secondary N) is 1. The summed E-state index contributed by atoms with van der Waals surface area (Å²) in [5.41, 5.74) is 5.11. The van der Waals surface area contributed by atoms with E-state index in [-0.39, 0.29) is 11.8 Å². The Hall–Kier alpha value is -3.51. The fourth-order valence-corrected chi connectivity index (χ4v) is 4.36. The van der Waals surface area contributed by atoms with E-state index in [1.54, 1.807) is 6.20 Å². The van der Waals surface area contributed by atoms with Crippen LogP contribution in [0.15, 0.2) is 72.9 Å². The zero-order valence-corrected chi connectivity index (χ0v) is 21.3. The first-order valence-electron chi connectivity index (χ1n) is 12.8. The minimum atomic E-state index is -0.0284. The molecule has 6 heteroatoms. The highest BCUT2D eigenvalue weighted by Crippen LogP contribution is 2.27. The summed E-state index contributed by atoms with van der Waals surface area (Å²) in [6.07, 6.45) is 5.05. The number of hydrogen-bond acceptors (Lipinski definition) is 4. The number of aryl methyl sites for hydroxylation is 2. The van der Waals surface area contributed by atoms with Crippen molar-refractivity contribution in [2.75, 3.05) is 25.0 Å². The lowest BCUT2D eigenvalue weighted by molar-refractivity contribution is -0.132. The van der Waals surface area contributed by atoms with Crippen LogP contribution in [0.2, 0.25) is 0 Å². The molecular formula is C30H36N4O2. The number of hydrogen-bond donors (Lipinski definition) is 1. The Bertz CT molecular complexity index is 1150. The van der Waals surface area contributed by atoms with Gasteiger partial charge in [-0.3, -0.25) is 19.5 Å². The highest BCUT2D eigenvalue weighted by atomic mass is 16.2. The molecule has 0 spiro atoms. The van der Waals surface area contributed by atoms with Gasteiger partial charge in [-0.25, -0.2) is 0 Å². The maximum atomic E-state index is 13.4. The Balaban J connectivity index is 1.35. The molecule has 2 aromatic carbocycles. The van der Waals surface area contributed by atoms with Crippen molar-refractivity contribution in [3.63, 3.8) is 0 Å². The molecule has 0 unspecified atom stereocenters. The molecule has 1 fully saturated rings. The first-order valence-corrected chi connectivity index (χ1v) is 12.8. The third-order valence-electron chi connectivity index (χ3n) is 6.62. The van der Waals surface area contributed by atoms with Crippen molar-refractivity contribution in [1.29, 1.82) is 0 Å². The normalized spacial score (nSPS) is 13.0. The van der Waals surface area contributed by atoms with Crippen LogP contribution in [0.25, 0.3) is 0 Å².